The molecule has 0 aromatic rings. The summed E-state index contributed by atoms with van der Waals surface area (Å²) in [4.78, 5) is 0. The van der Waals surface area contributed by atoms with Crippen molar-refractivity contribution in [3.8, 4) is 0 Å². The molecule has 102 valence electrons. The number of hydrogen-bond acceptors (Lipinski definition) is 3. The molecule has 3 nitrogen and oxygen atoms in total. The lowest BCUT2D eigenvalue weighted by Gasteiger charge is -2.37. The van der Waals surface area contributed by atoms with Crippen LogP contribution in [-0.2, 0) is 4.74 Å². The number of ether oxygens (including phenoxy) is 1. The minimum atomic E-state index is -0.500. The molecule has 1 rings (SSSR count). The van der Waals surface area contributed by atoms with Gasteiger partial charge in [0.1, 0.15) is 0 Å². The molecule has 0 saturated heterocycles. The number of aliphatic hydroxyl groups is 1. The van der Waals surface area contributed by atoms with Crippen LogP contribution < -0.4 is 5.32 Å². The second kappa shape index (κ2) is 7.34. The molecule has 0 aliphatic heterocycles. The number of rotatable bonds is 7. The Labute approximate surface area is 106 Å². The van der Waals surface area contributed by atoms with E-state index in [1.165, 1.54) is 25.7 Å². The minimum absolute atomic E-state index is 0.489. The van der Waals surface area contributed by atoms with E-state index in [2.05, 4.69) is 12.2 Å². The first-order valence-electron chi connectivity index (χ1n) is 6.98. The summed E-state index contributed by atoms with van der Waals surface area (Å²) < 4.78 is 4.98. The Morgan fingerprint density at radius 2 is 1.88 bits per heavy atom. The van der Waals surface area contributed by atoms with Gasteiger partial charge in [0, 0.05) is 13.7 Å². The van der Waals surface area contributed by atoms with Crippen molar-refractivity contribution in [2.75, 3.05) is 26.8 Å². The van der Waals surface area contributed by atoms with Crippen molar-refractivity contribution in [1.82, 2.24) is 5.32 Å². The molecule has 0 bridgehead atoms. The maximum Gasteiger partial charge on any atom is 0.0659 e. The zero-order valence-electron chi connectivity index (χ0n) is 11.7. The van der Waals surface area contributed by atoms with Crippen molar-refractivity contribution in [1.29, 1.82) is 0 Å². The van der Waals surface area contributed by atoms with Gasteiger partial charge in [0.2, 0.25) is 0 Å². The van der Waals surface area contributed by atoms with Gasteiger partial charge in [0.25, 0.3) is 0 Å². The predicted octanol–water partition coefficient (Wildman–Crippen LogP) is 2.19. The zero-order valence-corrected chi connectivity index (χ0v) is 11.7. The monoisotopic (exact) mass is 243 g/mol. The molecule has 1 aliphatic carbocycles. The molecule has 1 atom stereocenters. The van der Waals surface area contributed by atoms with Crippen molar-refractivity contribution in [3.63, 3.8) is 0 Å². The van der Waals surface area contributed by atoms with E-state index in [1.807, 2.05) is 6.92 Å². The quantitative estimate of drug-likeness (QED) is 0.674. The van der Waals surface area contributed by atoms with Crippen molar-refractivity contribution in [2.24, 2.45) is 11.8 Å². The van der Waals surface area contributed by atoms with Crippen LogP contribution in [0.3, 0.4) is 0 Å². The minimum Gasteiger partial charge on any atom is -0.390 e. The van der Waals surface area contributed by atoms with Gasteiger partial charge < -0.3 is 15.2 Å². The molecule has 1 aliphatic rings. The van der Waals surface area contributed by atoms with E-state index in [-0.39, 0.29) is 0 Å². The maximum absolute atomic E-state index is 10.5. The molecule has 1 saturated carbocycles. The molecule has 2 N–H and O–H groups in total. The van der Waals surface area contributed by atoms with Crippen molar-refractivity contribution < 1.29 is 9.84 Å². The summed E-state index contributed by atoms with van der Waals surface area (Å²) in [6.07, 6.45) is 5.77. The van der Waals surface area contributed by atoms with Gasteiger partial charge in [-0.15, -0.1) is 0 Å². The summed E-state index contributed by atoms with van der Waals surface area (Å²) in [6, 6.07) is 0. The van der Waals surface area contributed by atoms with Crippen molar-refractivity contribution in [3.05, 3.63) is 0 Å². The fourth-order valence-electron chi connectivity index (χ4n) is 2.73. The lowest BCUT2D eigenvalue weighted by molar-refractivity contribution is -0.0277. The average Bonchev–Trinajstić information content (AvgIpc) is 2.29. The molecule has 1 unspecified atom stereocenters. The molecule has 3 heteroatoms. The van der Waals surface area contributed by atoms with E-state index in [0.717, 1.165) is 32.0 Å². The van der Waals surface area contributed by atoms with Gasteiger partial charge in [-0.25, -0.2) is 0 Å². The molecule has 0 amide bonds. The van der Waals surface area contributed by atoms with Crippen LogP contribution in [0.5, 0.6) is 0 Å². The van der Waals surface area contributed by atoms with Gasteiger partial charge in [0.05, 0.1) is 12.2 Å². The van der Waals surface area contributed by atoms with Crippen molar-refractivity contribution in [2.45, 2.75) is 51.6 Å². The molecule has 0 aromatic heterocycles. The summed E-state index contributed by atoms with van der Waals surface area (Å²) in [6.45, 7) is 6.81. The summed E-state index contributed by atoms with van der Waals surface area (Å²) in [5, 5.41) is 13.8. The topological polar surface area (TPSA) is 41.5 Å². The summed E-state index contributed by atoms with van der Waals surface area (Å²) in [5.41, 5.74) is -0.500. The highest BCUT2D eigenvalue weighted by molar-refractivity contribution is 4.86. The Balaban J connectivity index is 2.20. The predicted molar refractivity (Wildman–Crippen MR) is 71.1 cm³/mol. The third kappa shape index (κ3) is 5.36. The molecule has 0 radical (unpaired) electrons. The van der Waals surface area contributed by atoms with Gasteiger partial charge in [-0.05, 0) is 44.6 Å². The molecular formula is C14H29NO2. The van der Waals surface area contributed by atoms with Crippen LogP contribution >= 0.6 is 0 Å². The van der Waals surface area contributed by atoms with Gasteiger partial charge >= 0.3 is 0 Å². The SMILES string of the molecule is COCCNCCC(C)(O)C1CCC(C)CC1. The third-order valence-corrected chi connectivity index (χ3v) is 4.19. The highest BCUT2D eigenvalue weighted by Crippen LogP contribution is 2.36. The van der Waals surface area contributed by atoms with Gasteiger partial charge in [-0.3, -0.25) is 0 Å². The van der Waals surface area contributed by atoms with Crippen LogP contribution in [0, 0.1) is 11.8 Å². The van der Waals surface area contributed by atoms with Crippen LogP contribution in [0.4, 0.5) is 0 Å². The van der Waals surface area contributed by atoms with E-state index in [1.54, 1.807) is 7.11 Å². The van der Waals surface area contributed by atoms with Gasteiger partial charge in [-0.1, -0.05) is 19.8 Å². The van der Waals surface area contributed by atoms with Crippen LogP contribution in [0.1, 0.15) is 46.0 Å². The maximum atomic E-state index is 10.5. The zero-order chi connectivity index (χ0) is 12.7. The van der Waals surface area contributed by atoms with Gasteiger partial charge in [-0.2, -0.15) is 0 Å². The smallest absolute Gasteiger partial charge is 0.0659 e. The van der Waals surface area contributed by atoms with E-state index >= 15 is 0 Å². The van der Waals surface area contributed by atoms with E-state index in [9.17, 15) is 5.11 Å². The molecular weight excluding hydrogens is 214 g/mol. The van der Waals surface area contributed by atoms with Crippen LogP contribution in [0.25, 0.3) is 0 Å². The van der Waals surface area contributed by atoms with E-state index < -0.39 is 5.60 Å². The fraction of sp³-hybridized carbons (Fsp3) is 1.00. The largest absolute Gasteiger partial charge is 0.390 e. The number of methoxy groups -OCH3 is 1. The average molecular weight is 243 g/mol. The van der Waals surface area contributed by atoms with Crippen LogP contribution in [-0.4, -0.2) is 37.5 Å². The summed E-state index contributed by atoms with van der Waals surface area (Å²) >= 11 is 0. The Morgan fingerprint density at radius 3 is 2.47 bits per heavy atom. The first-order chi connectivity index (χ1) is 8.06. The highest BCUT2D eigenvalue weighted by Gasteiger charge is 2.33. The second-order valence-corrected chi connectivity index (χ2v) is 5.81. The summed E-state index contributed by atoms with van der Waals surface area (Å²) in [7, 11) is 1.71. The van der Waals surface area contributed by atoms with E-state index in [0.29, 0.717) is 5.92 Å². The normalized spacial score (nSPS) is 28.9. The van der Waals surface area contributed by atoms with E-state index in [4.69, 9.17) is 4.74 Å². The second-order valence-electron chi connectivity index (χ2n) is 5.81. The lowest BCUT2D eigenvalue weighted by Crippen LogP contribution is -2.39. The van der Waals surface area contributed by atoms with Gasteiger partial charge in [0.15, 0.2) is 0 Å². The van der Waals surface area contributed by atoms with Crippen LogP contribution in [0.15, 0.2) is 0 Å². The van der Waals surface area contributed by atoms with Crippen molar-refractivity contribution >= 4 is 0 Å². The molecule has 0 aromatic carbocycles. The molecule has 17 heavy (non-hydrogen) atoms. The summed E-state index contributed by atoms with van der Waals surface area (Å²) in [5.74, 6) is 1.34. The number of nitrogens with one attached hydrogen (secondary N) is 1. The first-order valence-corrected chi connectivity index (χ1v) is 6.98. The highest BCUT2D eigenvalue weighted by atomic mass is 16.5. The Bertz CT molecular complexity index is 198. The standard InChI is InChI=1S/C14H29NO2/c1-12-4-6-13(7-5-12)14(2,16)8-9-15-10-11-17-3/h12-13,15-16H,4-11H2,1-3H3. The molecule has 0 spiro atoms. The Kier molecular flexibility index (Phi) is 6.45. The lowest BCUT2D eigenvalue weighted by atomic mass is 9.73. The van der Waals surface area contributed by atoms with Crippen LogP contribution in [0.2, 0.25) is 0 Å². The molecule has 1 fully saturated rings. The first kappa shape index (κ1) is 14.9. The number of hydrogen-bond donors (Lipinski definition) is 2. The Hall–Kier alpha value is -0.120. The molecule has 0 heterocycles. The fourth-order valence-corrected chi connectivity index (χ4v) is 2.73. The Morgan fingerprint density at radius 1 is 1.24 bits per heavy atom. The third-order valence-electron chi connectivity index (χ3n) is 4.19.